The number of carbonyl (C=O) groups is 2. The number of carbonyl (C=O) groups excluding carboxylic acids is 2. The smallest absolute Gasteiger partial charge is 0.355 e. The van der Waals surface area contributed by atoms with E-state index in [1.165, 1.54) is 20.4 Å². The summed E-state index contributed by atoms with van der Waals surface area (Å²) in [7, 11) is 2.51. The highest BCUT2D eigenvalue weighted by Gasteiger charge is 2.35. The number of nitrogens with zero attached hydrogens (tertiary/aromatic N) is 2. The molecule has 0 spiro atoms. The van der Waals surface area contributed by atoms with Gasteiger partial charge in [0.15, 0.2) is 11.8 Å². The summed E-state index contributed by atoms with van der Waals surface area (Å²) in [6.07, 6.45) is 3.09. The van der Waals surface area contributed by atoms with Crippen molar-refractivity contribution in [3.63, 3.8) is 0 Å². The quantitative estimate of drug-likeness (QED) is 0.631. The molecule has 1 heterocycles. The summed E-state index contributed by atoms with van der Waals surface area (Å²) in [5, 5.41) is 0. The van der Waals surface area contributed by atoms with E-state index < -0.39 is 18.0 Å². The van der Waals surface area contributed by atoms with Gasteiger partial charge in [-0.25, -0.2) is 14.6 Å². The summed E-state index contributed by atoms with van der Waals surface area (Å²) < 4.78 is 9.21. The van der Waals surface area contributed by atoms with Gasteiger partial charge in [-0.3, -0.25) is 0 Å². The van der Waals surface area contributed by atoms with Crippen molar-refractivity contribution < 1.29 is 19.1 Å². The molecule has 1 aliphatic heterocycles. The average molecular weight is 226 g/mol. The Morgan fingerprint density at radius 3 is 2.62 bits per heavy atom. The fourth-order valence-electron chi connectivity index (χ4n) is 1.43. The van der Waals surface area contributed by atoms with Gasteiger partial charge in [0.05, 0.1) is 14.2 Å². The largest absolute Gasteiger partial charge is 0.467 e. The van der Waals surface area contributed by atoms with Crippen molar-refractivity contribution in [3.05, 3.63) is 12.4 Å². The normalized spacial score (nSPS) is 19.1. The predicted octanol–water partition coefficient (Wildman–Crippen LogP) is -0.0513. The lowest BCUT2D eigenvalue weighted by Gasteiger charge is -2.29. The standard InChI is InChI=1S/C10H14N2O4/c1-4-12-6-5-11-7(9(13)15-2)8(12)10(14)16-3/h5-6,8H,4H2,1-3H3. The van der Waals surface area contributed by atoms with E-state index in [2.05, 4.69) is 14.5 Å². The molecular weight excluding hydrogens is 212 g/mol. The molecule has 0 bridgehead atoms. The Bertz CT molecular complexity index is 349. The minimum Gasteiger partial charge on any atom is -0.467 e. The van der Waals surface area contributed by atoms with E-state index in [4.69, 9.17) is 0 Å². The molecule has 0 fully saturated rings. The fraction of sp³-hybridized carbons (Fsp3) is 0.500. The molecule has 0 radical (unpaired) electrons. The molecule has 0 aromatic carbocycles. The first kappa shape index (κ1) is 12.2. The first-order chi connectivity index (χ1) is 7.65. The number of esters is 2. The van der Waals surface area contributed by atoms with Crippen molar-refractivity contribution >= 4 is 17.7 Å². The van der Waals surface area contributed by atoms with Crippen molar-refractivity contribution in [2.75, 3.05) is 20.8 Å². The van der Waals surface area contributed by atoms with Crippen molar-refractivity contribution in [3.8, 4) is 0 Å². The van der Waals surface area contributed by atoms with Gasteiger partial charge in [-0.2, -0.15) is 0 Å². The van der Waals surface area contributed by atoms with Gasteiger partial charge in [0.25, 0.3) is 0 Å². The lowest BCUT2D eigenvalue weighted by atomic mass is 10.1. The van der Waals surface area contributed by atoms with E-state index in [0.717, 1.165) is 0 Å². The average Bonchev–Trinajstić information content (AvgIpc) is 2.35. The van der Waals surface area contributed by atoms with Crippen LogP contribution in [0.5, 0.6) is 0 Å². The topological polar surface area (TPSA) is 68.2 Å². The second-order valence-corrected chi connectivity index (χ2v) is 3.06. The Labute approximate surface area is 93.5 Å². The summed E-state index contributed by atoms with van der Waals surface area (Å²) in [6, 6.07) is -0.826. The van der Waals surface area contributed by atoms with Crippen molar-refractivity contribution in [2.24, 2.45) is 4.99 Å². The van der Waals surface area contributed by atoms with E-state index in [9.17, 15) is 9.59 Å². The fourth-order valence-corrected chi connectivity index (χ4v) is 1.43. The lowest BCUT2D eigenvalue weighted by Crippen LogP contribution is -2.49. The van der Waals surface area contributed by atoms with E-state index in [-0.39, 0.29) is 5.71 Å². The third-order valence-corrected chi connectivity index (χ3v) is 2.25. The Balaban J connectivity index is 3.03. The van der Waals surface area contributed by atoms with Gasteiger partial charge >= 0.3 is 11.9 Å². The molecule has 0 aliphatic carbocycles. The molecule has 88 valence electrons. The molecule has 6 heteroatoms. The molecule has 0 aromatic rings. The van der Waals surface area contributed by atoms with Crippen LogP contribution in [0.25, 0.3) is 0 Å². The molecule has 0 amide bonds. The van der Waals surface area contributed by atoms with Gasteiger partial charge in [0.1, 0.15) is 0 Å². The minimum atomic E-state index is -0.826. The third-order valence-electron chi connectivity index (χ3n) is 2.25. The van der Waals surface area contributed by atoms with Crippen LogP contribution in [0.1, 0.15) is 6.92 Å². The molecule has 0 N–H and O–H groups in total. The maximum absolute atomic E-state index is 11.6. The maximum Gasteiger partial charge on any atom is 0.355 e. The second-order valence-electron chi connectivity index (χ2n) is 3.06. The van der Waals surface area contributed by atoms with Crippen LogP contribution in [0.15, 0.2) is 17.4 Å². The van der Waals surface area contributed by atoms with Crippen LogP contribution in [-0.2, 0) is 19.1 Å². The van der Waals surface area contributed by atoms with Gasteiger partial charge in [-0.1, -0.05) is 0 Å². The zero-order valence-electron chi connectivity index (χ0n) is 9.47. The number of hydrogen-bond acceptors (Lipinski definition) is 6. The van der Waals surface area contributed by atoms with Gasteiger partial charge in [0.2, 0.25) is 0 Å². The molecule has 1 rings (SSSR count). The molecule has 0 aromatic heterocycles. The van der Waals surface area contributed by atoms with Crippen LogP contribution < -0.4 is 0 Å². The minimum absolute atomic E-state index is 0.0405. The van der Waals surface area contributed by atoms with Crippen LogP contribution in [0.3, 0.4) is 0 Å². The van der Waals surface area contributed by atoms with Gasteiger partial charge in [-0.05, 0) is 6.92 Å². The zero-order chi connectivity index (χ0) is 12.1. The van der Waals surface area contributed by atoms with Crippen LogP contribution >= 0.6 is 0 Å². The number of rotatable bonds is 3. The monoisotopic (exact) mass is 226 g/mol. The highest BCUT2D eigenvalue weighted by Crippen LogP contribution is 2.11. The third kappa shape index (κ3) is 2.21. The zero-order valence-corrected chi connectivity index (χ0v) is 9.47. The maximum atomic E-state index is 11.6. The number of methoxy groups -OCH3 is 2. The van der Waals surface area contributed by atoms with Gasteiger partial charge < -0.3 is 14.4 Å². The number of likely N-dealkylation sites (N-methyl/N-ethyl adjacent to an activating group) is 1. The van der Waals surface area contributed by atoms with Crippen LogP contribution in [-0.4, -0.2) is 49.4 Å². The molecule has 6 nitrogen and oxygen atoms in total. The molecule has 1 unspecified atom stereocenters. The summed E-state index contributed by atoms with van der Waals surface area (Å²) in [5.74, 6) is -1.16. The SMILES string of the molecule is CCN1C=CN=C(C(=O)OC)C1C(=O)OC. The summed E-state index contributed by atoms with van der Waals surface area (Å²) in [6.45, 7) is 2.42. The molecular formula is C10H14N2O4. The Morgan fingerprint density at radius 2 is 2.12 bits per heavy atom. The van der Waals surface area contributed by atoms with Gasteiger partial charge in [-0.15, -0.1) is 0 Å². The number of ether oxygens (including phenoxy) is 2. The van der Waals surface area contributed by atoms with E-state index in [1.54, 1.807) is 11.1 Å². The lowest BCUT2D eigenvalue weighted by molar-refractivity contribution is -0.145. The molecule has 1 aliphatic rings. The van der Waals surface area contributed by atoms with Crippen LogP contribution in [0.2, 0.25) is 0 Å². The van der Waals surface area contributed by atoms with E-state index in [1.807, 2.05) is 6.92 Å². The predicted molar refractivity (Wildman–Crippen MR) is 56.8 cm³/mol. The second kappa shape index (κ2) is 5.29. The summed E-state index contributed by atoms with van der Waals surface area (Å²) in [4.78, 5) is 28.5. The van der Waals surface area contributed by atoms with Crippen LogP contribution in [0.4, 0.5) is 0 Å². The molecule has 1 atom stereocenters. The van der Waals surface area contributed by atoms with E-state index >= 15 is 0 Å². The summed E-state index contributed by atoms with van der Waals surface area (Å²) >= 11 is 0. The Kier molecular flexibility index (Phi) is 4.04. The molecule has 16 heavy (non-hydrogen) atoms. The highest BCUT2D eigenvalue weighted by molar-refractivity contribution is 6.42. The number of hydrogen-bond donors (Lipinski definition) is 0. The van der Waals surface area contributed by atoms with Gasteiger partial charge in [0, 0.05) is 18.9 Å². The Morgan fingerprint density at radius 1 is 1.44 bits per heavy atom. The first-order valence-corrected chi connectivity index (χ1v) is 4.82. The molecule has 0 saturated carbocycles. The van der Waals surface area contributed by atoms with Crippen molar-refractivity contribution in [1.82, 2.24) is 4.90 Å². The number of aliphatic imine (C=N–C) groups is 1. The van der Waals surface area contributed by atoms with E-state index in [0.29, 0.717) is 6.54 Å². The first-order valence-electron chi connectivity index (χ1n) is 4.82. The van der Waals surface area contributed by atoms with Crippen molar-refractivity contribution in [2.45, 2.75) is 13.0 Å². The van der Waals surface area contributed by atoms with Crippen LogP contribution in [0, 0.1) is 0 Å². The highest BCUT2D eigenvalue weighted by atomic mass is 16.5. The Hall–Kier alpha value is -1.85. The molecule has 0 saturated heterocycles. The van der Waals surface area contributed by atoms with Crippen molar-refractivity contribution in [1.29, 1.82) is 0 Å². The summed E-state index contributed by atoms with van der Waals surface area (Å²) in [5.41, 5.74) is 0.0405.